The minimum atomic E-state index is -3.67. The number of hydrogen-bond donors (Lipinski definition) is 2. The highest BCUT2D eigenvalue weighted by Gasteiger charge is 2.14. The van der Waals surface area contributed by atoms with Gasteiger partial charge in [-0.3, -0.25) is 9.52 Å². The molecule has 0 spiro atoms. The number of amides is 1. The molecule has 0 atom stereocenters. The van der Waals surface area contributed by atoms with Gasteiger partial charge < -0.3 is 5.32 Å². The van der Waals surface area contributed by atoms with Crippen molar-refractivity contribution < 1.29 is 13.2 Å². The first-order chi connectivity index (χ1) is 12.9. The highest BCUT2D eigenvalue weighted by atomic mass is 79.9. The number of hydrogen-bond acceptors (Lipinski definition) is 4. The lowest BCUT2D eigenvalue weighted by Gasteiger charge is -2.09. The summed E-state index contributed by atoms with van der Waals surface area (Å²) in [5.74, 6) is -0.186. The van der Waals surface area contributed by atoms with Gasteiger partial charge in [-0.15, -0.1) is 11.3 Å². The molecule has 2 aromatic carbocycles. The molecule has 3 rings (SSSR count). The first kappa shape index (κ1) is 19.6. The summed E-state index contributed by atoms with van der Waals surface area (Å²) in [6.45, 7) is 0.553. The van der Waals surface area contributed by atoms with Gasteiger partial charge in [0.25, 0.3) is 15.9 Å². The Hall–Kier alpha value is -2.16. The van der Waals surface area contributed by atoms with Gasteiger partial charge in [0, 0.05) is 27.1 Å². The molecule has 8 heteroatoms. The molecule has 3 aromatic rings. The number of anilines is 1. The number of sulfonamides is 1. The van der Waals surface area contributed by atoms with E-state index in [1.54, 1.807) is 47.7 Å². The van der Waals surface area contributed by atoms with Crippen molar-refractivity contribution in [3.05, 3.63) is 81.0 Å². The maximum Gasteiger partial charge on any atom is 0.261 e. The van der Waals surface area contributed by atoms with E-state index in [9.17, 15) is 13.2 Å². The van der Waals surface area contributed by atoms with Crippen molar-refractivity contribution >= 4 is 48.9 Å². The second-order valence-corrected chi connectivity index (χ2v) is 9.35. The van der Waals surface area contributed by atoms with Crippen LogP contribution in [0.3, 0.4) is 0 Å². The minimum absolute atomic E-state index is 0.168. The van der Waals surface area contributed by atoms with Crippen LogP contribution in [0.1, 0.15) is 15.2 Å². The third kappa shape index (κ3) is 5.41. The molecule has 1 aromatic heterocycles. The molecule has 2 N–H and O–H groups in total. The van der Waals surface area contributed by atoms with Crippen molar-refractivity contribution in [1.82, 2.24) is 5.32 Å². The second-order valence-electron chi connectivity index (χ2n) is 5.72. The molecule has 0 aliphatic carbocycles. The zero-order valence-corrected chi connectivity index (χ0v) is 17.4. The van der Waals surface area contributed by atoms with E-state index in [1.807, 2.05) is 17.5 Å². The SMILES string of the molecule is O=C(NCCc1cccs1)c1ccc(NS(=O)(=O)c2ccc(Br)cc2)cc1. The summed E-state index contributed by atoms with van der Waals surface area (Å²) in [6, 6.07) is 16.7. The van der Waals surface area contributed by atoms with Gasteiger partial charge in [-0.1, -0.05) is 22.0 Å². The van der Waals surface area contributed by atoms with Crippen LogP contribution >= 0.6 is 27.3 Å². The number of halogens is 1. The molecule has 0 saturated heterocycles. The van der Waals surface area contributed by atoms with Crippen LogP contribution in [-0.2, 0) is 16.4 Å². The third-order valence-corrected chi connectivity index (χ3v) is 6.62. The van der Waals surface area contributed by atoms with E-state index >= 15 is 0 Å². The zero-order chi connectivity index (χ0) is 19.3. The van der Waals surface area contributed by atoms with Crippen LogP contribution in [0.5, 0.6) is 0 Å². The van der Waals surface area contributed by atoms with Crippen LogP contribution in [-0.4, -0.2) is 20.9 Å². The van der Waals surface area contributed by atoms with E-state index in [0.29, 0.717) is 17.8 Å². The summed E-state index contributed by atoms with van der Waals surface area (Å²) in [6.07, 6.45) is 0.786. The minimum Gasteiger partial charge on any atom is -0.352 e. The van der Waals surface area contributed by atoms with Crippen LogP contribution in [0.25, 0.3) is 0 Å². The Bertz CT molecular complexity index is 1000. The lowest BCUT2D eigenvalue weighted by molar-refractivity contribution is 0.0954. The van der Waals surface area contributed by atoms with E-state index in [1.165, 1.54) is 17.0 Å². The topological polar surface area (TPSA) is 75.3 Å². The molecule has 27 heavy (non-hydrogen) atoms. The smallest absolute Gasteiger partial charge is 0.261 e. The average Bonchev–Trinajstić information content (AvgIpc) is 3.16. The van der Waals surface area contributed by atoms with Gasteiger partial charge in [-0.25, -0.2) is 8.42 Å². The lowest BCUT2D eigenvalue weighted by Crippen LogP contribution is -2.25. The predicted molar refractivity (Wildman–Crippen MR) is 112 cm³/mol. The summed E-state index contributed by atoms with van der Waals surface area (Å²) >= 11 is 4.93. The Morgan fingerprint density at radius 1 is 1.00 bits per heavy atom. The van der Waals surface area contributed by atoms with Gasteiger partial charge >= 0.3 is 0 Å². The molecule has 0 aliphatic heterocycles. The fourth-order valence-electron chi connectivity index (χ4n) is 2.37. The summed E-state index contributed by atoms with van der Waals surface area (Å²) in [5.41, 5.74) is 0.876. The van der Waals surface area contributed by atoms with Crippen LogP contribution < -0.4 is 10.0 Å². The first-order valence-corrected chi connectivity index (χ1v) is 11.3. The van der Waals surface area contributed by atoms with Crippen molar-refractivity contribution in [3.8, 4) is 0 Å². The van der Waals surface area contributed by atoms with Crippen molar-refractivity contribution in [1.29, 1.82) is 0 Å². The van der Waals surface area contributed by atoms with E-state index in [0.717, 1.165) is 10.9 Å². The molecule has 0 fully saturated rings. The number of carbonyl (C=O) groups excluding carboxylic acids is 1. The molecule has 0 unspecified atom stereocenters. The Kier molecular flexibility index (Phi) is 6.30. The number of rotatable bonds is 7. The Labute approximate surface area is 170 Å². The van der Waals surface area contributed by atoms with Crippen molar-refractivity contribution in [2.75, 3.05) is 11.3 Å². The number of nitrogens with one attached hydrogen (secondary N) is 2. The Morgan fingerprint density at radius 3 is 2.33 bits per heavy atom. The third-order valence-electron chi connectivity index (χ3n) is 3.76. The van der Waals surface area contributed by atoms with Crippen LogP contribution in [0.4, 0.5) is 5.69 Å². The highest BCUT2D eigenvalue weighted by molar-refractivity contribution is 9.10. The van der Waals surface area contributed by atoms with Crippen molar-refractivity contribution in [2.24, 2.45) is 0 Å². The number of benzene rings is 2. The molecule has 1 amide bonds. The monoisotopic (exact) mass is 464 g/mol. The molecular formula is C19H17BrN2O3S2. The Balaban J connectivity index is 1.59. The fourth-order valence-corrected chi connectivity index (χ4v) is 4.41. The van der Waals surface area contributed by atoms with Crippen molar-refractivity contribution in [3.63, 3.8) is 0 Å². The van der Waals surface area contributed by atoms with Crippen LogP contribution in [0.2, 0.25) is 0 Å². The lowest BCUT2D eigenvalue weighted by atomic mass is 10.2. The predicted octanol–water partition coefficient (Wildman–Crippen LogP) is 4.28. The second kappa shape index (κ2) is 8.69. The molecular weight excluding hydrogens is 448 g/mol. The largest absolute Gasteiger partial charge is 0.352 e. The molecule has 0 bridgehead atoms. The highest BCUT2D eigenvalue weighted by Crippen LogP contribution is 2.19. The van der Waals surface area contributed by atoms with Gasteiger partial charge in [-0.05, 0) is 66.4 Å². The maximum atomic E-state index is 12.4. The van der Waals surface area contributed by atoms with E-state index in [2.05, 4.69) is 26.0 Å². The standard InChI is InChI=1S/C19H17BrN2O3S2/c20-15-5-9-18(10-6-15)27(24,25)22-16-7-3-14(4-8-16)19(23)21-12-11-17-2-1-13-26-17/h1-10,13,22H,11-12H2,(H,21,23). The van der Waals surface area contributed by atoms with E-state index in [-0.39, 0.29) is 10.8 Å². The molecule has 0 saturated carbocycles. The normalized spacial score (nSPS) is 11.1. The quantitative estimate of drug-likeness (QED) is 0.547. The average molecular weight is 465 g/mol. The molecule has 1 heterocycles. The van der Waals surface area contributed by atoms with E-state index in [4.69, 9.17) is 0 Å². The fraction of sp³-hybridized carbons (Fsp3) is 0.105. The molecule has 0 radical (unpaired) electrons. The van der Waals surface area contributed by atoms with Gasteiger partial charge in [0.05, 0.1) is 4.90 Å². The summed E-state index contributed by atoms with van der Waals surface area (Å²) < 4.78 is 28.1. The maximum absolute atomic E-state index is 12.4. The van der Waals surface area contributed by atoms with E-state index < -0.39 is 10.0 Å². The summed E-state index contributed by atoms with van der Waals surface area (Å²) in [5, 5.41) is 4.87. The molecule has 140 valence electrons. The van der Waals surface area contributed by atoms with Crippen molar-refractivity contribution in [2.45, 2.75) is 11.3 Å². The summed E-state index contributed by atoms with van der Waals surface area (Å²) in [7, 11) is -3.67. The number of carbonyl (C=O) groups is 1. The first-order valence-electron chi connectivity index (χ1n) is 8.13. The van der Waals surface area contributed by atoms with Crippen LogP contribution in [0.15, 0.2) is 75.4 Å². The zero-order valence-electron chi connectivity index (χ0n) is 14.2. The van der Waals surface area contributed by atoms with Gasteiger partial charge in [0.1, 0.15) is 0 Å². The molecule has 5 nitrogen and oxygen atoms in total. The summed E-state index contributed by atoms with van der Waals surface area (Å²) in [4.78, 5) is 13.6. The molecule has 0 aliphatic rings. The van der Waals surface area contributed by atoms with Gasteiger partial charge in [-0.2, -0.15) is 0 Å². The van der Waals surface area contributed by atoms with Crippen LogP contribution in [0, 0.1) is 0 Å². The Morgan fingerprint density at radius 2 is 1.70 bits per heavy atom. The number of thiophene rings is 1. The van der Waals surface area contributed by atoms with Gasteiger partial charge in [0.2, 0.25) is 0 Å². The van der Waals surface area contributed by atoms with Gasteiger partial charge in [0.15, 0.2) is 0 Å².